The molecule has 1 saturated carbocycles. The van der Waals surface area contributed by atoms with Gasteiger partial charge in [0.05, 0.1) is 11.1 Å². The summed E-state index contributed by atoms with van der Waals surface area (Å²) in [5, 5.41) is 0. The van der Waals surface area contributed by atoms with E-state index < -0.39 is 9.84 Å². The summed E-state index contributed by atoms with van der Waals surface area (Å²) in [6.07, 6.45) is 10.1. The van der Waals surface area contributed by atoms with E-state index >= 15 is 0 Å². The molecule has 1 aliphatic rings. The van der Waals surface area contributed by atoms with Crippen LogP contribution in [-0.2, 0) is 9.84 Å². The molecule has 1 aliphatic carbocycles. The lowest BCUT2D eigenvalue weighted by atomic mass is 9.87. The number of benzene rings is 1. The van der Waals surface area contributed by atoms with Crippen LogP contribution in [0.4, 0.5) is 0 Å². The van der Waals surface area contributed by atoms with Gasteiger partial charge in [-0.05, 0) is 36.5 Å². The molecule has 0 saturated heterocycles. The third-order valence-corrected chi connectivity index (χ3v) is 6.59. The maximum Gasteiger partial charge on any atom is 0.180 e. The van der Waals surface area contributed by atoms with E-state index in [0.717, 1.165) is 24.2 Å². The molecule has 3 rings (SSSR count). The lowest BCUT2D eigenvalue weighted by Crippen LogP contribution is -2.10. The smallest absolute Gasteiger partial charge is 0.180 e. The van der Waals surface area contributed by atoms with Crippen LogP contribution in [0.25, 0.3) is 0 Å². The molecular weight excluding hydrogens is 360 g/mol. The second-order valence-electron chi connectivity index (χ2n) is 7.64. The number of rotatable bonds is 8. The van der Waals surface area contributed by atoms with Crippen molar-refractivity contribution in [2.75, 3.05) is 6.26 Å². The molecule has 0 spiro atoms. The fraction of sp³-hybridized carbons (Fsp3) is 0.524. The zero-order valence-corrected chi connectivity index (χ0v) is 16.9. The molecule has 0 aliphatic heterocycles. The van der Waals surface area contributed by atoms with Crippen LogP contribution in [0.2, 0.25) is 0 Å². The van der Waals surface area contributed by atoms with Gasteiger partial charge in [0.15, 0.2) is 15.6 Å². The van der Waals surface area contributed by atoms with Crippen molar-refractivity contribution in [3.63, 3.8) is 0 Å². The first kappa shape index (κ1) is 19.8. The summed E-state index contributed by atoms with van der Waals surface area (Å²) in [5.74, 6) is 1.58. The Morgan fingerprint density at radius 2 is 1.89 bits per heavy atom. The summed E-state index contributed by atoms with van der Waals surface area (Å²) in [5.41, 5.74) is 1.61. The van der Waals surface area contributed by atoms with Gasteiger partial charge in [-0.15, -0.1) is 0 Å². The van der Waals surface area contributed by atoms with E-state index in [4.69, 9.17) is 0 Å². The Balaban J connectivity index is 1.90. The number of ketones is 1. The number of hydrogen-bond donors (Lipinski definition) is 1. The van der Waals surface area contributed by atoms with E-state index in [1.165, 1.54) is 31.9 Å². The molecule has 6 heteroatoms. The number of nitrogens with zero attached hydrogens (tertiary/aromatic N) is 1. The topological polar surface area (TPSA) is 79.9 Å². The second kappa shape index (κ2) is 8.38. The van der Waals surface area contributed by atoms with E-state index in [-0.39, 0.29) is 11.7 Å². The number of H-pyrrole nitrogens is 1. The first-order valence-corrected chi connectivity index (χ1v) is 11.7. The standard InChI is InChI=1S/C21H28N2O3S/c1-3-6-20(24)19-14-22-21(23-19)18(13-15-7-4-5-8-15)16-9-11-17(12-10-16)27(2,25)26/h9-12,14-15,18H,3-8,13H2,1-2H3,(H,22,23). The Kier molecular flexibility index (Phi) is 6.15. The van der Waals surface area contributed by atoms with Crippen molar-refractivity contribution >= 4 is 15.6 Å². The van der Waals surface area contributed by atoms with Crippen molar-refractivity contribution in [2.45, 2.75) is 62.7 Å². The van der Waals surface area contributed by atoms with Crippen LogP contribution in [0, 0.1) is 5.92 Å². The quantitative estimate of drug-likeness (QED) is 0.675. The van der Waals surface area contributed by atoms with Crippen molar-refractivity contribution in [3.8, 4) is 0 Å². The molecule has 1 unspecified atom stereocenters. The number of sulfone groups is 1. The molecule has 0 radical (unpaired) electrons. The number of nitrogens with one attached hydrogen (secondary N) is 1. The van der Waals surface area contributed by atoms with Crippen LogP contribution in [0.1, 0.15) is 79.7 Å². The Morgan fingerprint density at radius 1 is 1.22 bits per heavy atom. The second-order valence-corrected chi connectivity index (χ2v) is 9.65. The van der Waals surface area contributed by atoms with Gasteiger partial charge in [-0.2, -0.15) is 0 Å². The predicted molar refractivity (Wildman–Crippen MR) is 106 cm³/mol. The summed E-state index contributed by atoms with van der Waals surface area (Å²) in [4.78, 5) is 20.3. The van der Waals surface area contributed by atoms with E-state index in [0.29, 0.717) is 22.9 Å². The molecule has 1 heterocycles. The zero-order valence-electron chi connectivity index (χ0n) is 16.1. The molecular formula is C21H28N2O3S. The van der Waals surface area contributed by atoms with E-state index in [2.05, 4.69) is 9.97 Å². The Bertz CT molecular complexity index is 878. The maximum absolute atomic E-state index is 12.2. The first-order valence-electron chi connectivity index (χ1n) is 9.76. The molecule has 0 amide bonds. The van der Waals surface area contributed by atoms with Gasteiger partial charge in [0.2, 0.25) is 0 Å². The van der Waals surface area contributed by atoms with Gasteiger partial charge in [-0.1, -0.05) is 44.7 Å². The number of aromatic amines is 1. The van der Waals surface area contributed by atoms with Gasteiger partial charge in [-0.3, -0.25) is 4.79 Å². The normalized spacial score (nSPS) is 16.5. The van der Waals surface area contributed by atoms with Gasteiger partial charge >= 0.3 is 0 Å². The van der Waals surface area contributed by atoms with Crippen molar-refractivity contribution in [1.29, 1.82) is 0 Å². The van der Waals surface area contributed by atoms with Gasteiger partial charge in [-0.25, -0.2) is 13.4 Å². The molecule has 1 atom stereocenters. The van der Waals surface area contributed by atoms with E-state index in [9.17, 15) is 13.2 Å². The molecule has 146 valence electrons. The number of Topliss-reactive ketones (excluding diaryl/α,β-unsaturated/α-hetero) is 1. The third-order valence-electron chi connectivity index (χ3n) is 5.46. The summed E-state index contributed by atoms with van der Waals surface area (Å²) in [6.45, 7) is 1.99. The largest absolute Gasteiger partial charge is 0.339 e. The lowest BCUT2D eigenvalue weighted by Gasteiger charge is -2.19. The number of carbonyl (C=O) groups excluding carboxylic acids is 1. The summed E-state index contributed by atoms with van der Waals surface area (Å²) in [7, 11) is -3.21. The SMILES string of the molecule is CCCC(=O)c1cnc(C(CC2CCCC2)c2ccc(S(C)(=O)=O)cc2)[nH]1. The first-order chi connectivity index (χ1) is 12.9. The van der Waals surface area contributed by atoms with E-state index in [1.54, 1.807) is 18.3 Å². The molecule has 1 N–H and O–H groups in total. The van der Waals surface area contributed by atoms with Crippen LogP contribution >= 0.6 is 0 Å². The minimum absolute atomic E-state index is 0.0462. The molecule has 0 bridgehead atoms. The van der Waals surface area contributed by atoms with Crippen LogP contribution in [0.5, 0.6) is 0 Å². The molecule has 1 aromatic heterocycles. The van der Waals surface area contributed by atoms with Crippen LogP contribution in [0.3, 0.4) is 0 Å². The van der Waals surface area contributed by atoms with Gasteiger partial charge in [0.25, 0.3) is 0 Å². The number of hydrogen-bond acceptors (Lipinski definition) is 4. The zero-order chi connectivity index (χ0) is 19.4. The number of aromatic nitrogens is 2. The Labute approximate surface area is 161 Å². The fourth-order valence-electron chi connectivity index (χ4n) is 3.95. The minimum atomic E-state index is -3.21. The summed E-state index contributed by atoms with van der Waals surface area (Å²) >= 11 is 0. The van der Waals surface area contributed by atoms with Gasteiger partial charge < -0.3 is 4.98 Å². The highest BCUT2D eigenvalue weighted by Crippen LogP contribution is 2.37. The molecule has 5 nitrogen and oxygen atoms in total. The number of imidazole rings is 1. The van der Waals surface area contributed by atoms with Gasteiger partial charge in [0.1, 0.15) is 11.5 Å². The minimum Gasteiger partial charge on any atom is -0.339 e. The highest BCUT2D eigenvalue weighted by atomic mass is 32.2. The average molecular weight is 389 g/mol. The summed E-state index contributed by atoms with van der Waals surface area (Å²) in [6, 6.07) is 7.09. The van der Waals surface area contributed by atoms with E-state index in [1.807, 2.05) is 19.1 Å². The highest BCUT2D eigenvalue weighted by molar-refractivity contribution is 7.90. The van der Waals surface area contributed by atoms with Crippen molar-refractivity contribution in [3.05, 3.63) is 47.5 Å². The lowest BCUT2D eigenvalue weighted by molar-refractivity contribution is 0.0977. The van der Waals surface area contributed by atoms with Crippen molar-refractivity contribution in [2.24, 2.45) is 5.92 Å². The third kappa shape index (κ3) is 4.86. The number of carbonyl (C=O) groups is 1. The molecule has 1 aromatic carbocycles. The Morgan fingerprint density at radius 3 is 2.48 bits per heavy atom. The molecule has 27 heavy (non-hydrogen) atoms. The van der Waals surface area contributed by atoms with Crippen LogP contribution in [0.15, 0.2) is 35.4 Å². The van der Waals surface area contributed by atoms with Gasteiger partial charge in [0, 0.05) is 18.6 Å². The molecule has 1 fully saturated rings. The van der Waals surface area contributed by atoms with Crippen molar-refractivity contribution in [1.82, 2.24) is 9.97 Å². The monoisotopic (exact) mass is 388 g/mol. The fourth-order valence-corrected chi connectivity index (χ4v) is 4.58. The summed E-state index contributed by atoms with van der Waals surface area (Å²) < 4.78 is 23.5. The van der Waals surface area contributed by atoms with Crippen LogP contribution < -0.4 is 0 Å². The molecule has 2 aromatic rings. The Hall–Kier alpha value is -1.95. The maximum atomic E-state index is 12.2. The van der Waals surface area contributed by atoms with Crippen molar-refractivity contribution < 1.29 is 13.2 Å². The average Bonchev–Trinajstić information content (AvgIpc) is 3.31. The highest BCUT2D eigenvalue weighted by Gasteiger charge is 2.25. The van der Waals surface area contributed by atoms with Crippen LogP contribution in [-0.4, -0.2) is 30.4 Å². The predicted octanol–water partition coefficient (Wildman–Crippen LogP) is 4.51.